The largest absolute Gasteiger partial charge is 0.361 e. The van der Waals surface area contributed by atoms with Crippen LogP contribution >= 0.6 is 0 Å². The number of halogens is 1. The van der Waals surface area contributed by atoms with Crippen LogP contribution in [0.4, 0.5) is 10.1 Å². The summed E-state index contributed by atoms with van der Waals surface area (Å²) in [5.74, 6) is 0. The molecule has 0 saturated carbocycles. The van der Waals surface area contributed by atoms with Crippen LogP contribution in [0.25, 0.3) is 0 Å². The molecule has 2 heteroatoms. The molecule has 1 atom stereocenters. The van der Waals surface area contributed by atoms with Crippen molar-refractivity contribution in [1.82, 2.24) is 0 Å². The Hall–Kier alpha value is -1.83. The van der Waals surface area contributed by atoms with Gasteiger partial charge >= 0.3 is 0 Å². The molecule has 0 aromatic heterocycles. The van der Waals surface area contributed by atoms with Crippen molar-refractivity contribution in [3.63, 3.8) is 0 Å². The topological polar surface area (TPSA) is 3.24 Å². The molecule has 0 unspecified atom stereocenters. The van der Waals surface area contributed by atoms with E-state index in [-0.39, 0.29) is 12.7 Å². The summed E-state index contributed by atoms with van der Waals surface area (Å²) in [6, 6.07) is 18.5. The van der Waals surface area contributed by atoms with Crippen molar-refractivity contribution in [2.75, 3.05) is 11.6 Å². The second kappa shape index (κ2) is 4.81. The van der Waals surface area contributed by atoms with Crippen LogP contribution in [-0.2, 0) is 13.0 Å². The Morgan fingerprint density at radius 2 is 1.72 bits per heavy atom. The third-order valence-electron chi connectivity index (χ3n) is 3.57. The van der Waals surface area contributed by atoms with E-state index in [4.69, 9.17) is 0 Å². The molecule has 0 aliphatic carbocycles. The van der Waals surface area contributed by atoms with Gasteiger partial charge in [0.05, 0.1) is 6.04 Å². The quantitative estimate of drug-likeness (QED) is 0.793. The Morgan fingerprint density at radius 1 is 1.00 bits per heavy atom. The summed E-state index contributed by atoms with van der Waals surface area (Å²) < 4.78 is 13.2. The number of hydrogen-bond acceptors (Lipinski definition) is 1. The van der Waals surface area contributed by atoms with E-state index in [1.54, 1.807) is 0 Å². The molecular weight excluding hydrogens is 225 g/mol. The van der Waals surface area contributed by atoms with Gasteiger partial charge < -0.3 is 4.90 Å². The summed E-state index contributed by atoms with van der Waals surface area (Å²) in [5.41, 5.74) is 3.67. The van der Waals surface area contributed by atoms with Crippen LogP contribution in [0.5, 0.6) is 0 Å². The standard InChI is InChI=1S/C16H16FN/c17-11-15-10-14-8-4-5-9-16(14)18(15)12-13-6-2-1-3-7-13/h1-9,15H,10-12H2/t15-/m0/s1. The van der Waals surface area contributed by atoms with Crippen molar-refractivity contribution in [1.29, 1.82) is 0 Å². The first-order chi connectivity index (χ1) is 8.88. The molecule has 0 spiro atoms. The van der Waals surface area contributed by atoms with E-state index in [9.17, 15) is 4.39 Å². The maximum atomic E-state index is 13.2. The molecule has 2 aromatic carbocycles. The highest BCUT2D eigenvalue weighted by Crippen LogP contribution is 2.33. The molecule has 0 saturated heterocycles. The molecule has 0 amide bonds. The zero-order valence-corrected chi connectivity index (χ0v) is 10.2. The normalized spacial score (nSPS) is 17.8. The monoisotopic (exact) mass is 241 g/mol. The minimum atomic E-state index is -0.290. The van der Waals surface area contributed by atoms with E-state index in [0.29, 0.717) is 0 Å². The van der Waals surface area contributed by atoms with Crippen molar-refractivity contribution < 1.29 is 4.39 Å². The lowest BCUT2D eigenvalue weighted by molar-refractivity contribution is 0.417. The number of anilines is 1. The van der Waals surface area contributed by atoms with Gasteiger partial charge in [0.2, 0.25) is 0 Å². The fraction of sp³-hybridized carbons (Fsp3) is 0.250. The molecule has 1 aliphatic heterocycles. The Labute approximate surface area is 107 Å². The minimum absolute atomic E-state index is 0.0115. The lowest BCUT2D eigenvalue weighted by atomic mass is 10.1. The Morgan fingerprint density at radius 3 is 2.50 bits per heavy atom. The van der Waals surface area contributed by atoms with Gasteiger partial charge in [-0.25, -0.2) is 4.39 Å². The van der Waals surface area contributed by atoms with Gasteiger partial charge in [0.1, 0.15) is 6.67 Å². The zero-order chi connectivity index (χ0) is 12.4. The van der Waals surface area contributed by atoms with Crippen molar-refractivity contribution in [2.24, 2.45) is 0 Å². The van der Waals surface area contributed by atoms with Crippen molar-refractivity contribution >= 4 is 5.69 Å². The number of alkyl halides is 1. The van der Waals surface area contributed by atoms with Crippen LogP contribution in [0.1, 0.15) is 11.1 Å². The molecule has 0 radical (unpaired) electrons. The second-order valence-electron chi connectivity index (χ2n) is 4.75. The van der Waals surface area contributed by atoms with Crippen molar-refractivity contribution in [3.05, 3.63) is 65.7 Å². The van der Waals surface area contributed by atoms with Gasteiger partial charge in [-0.05, 0) is 23.6 Å². The van der Waals surface area contributed by atoms with Gasteiger partial charge in [-0.15, -0.1) is 0 Å². The highest BCUT2D eigenvalue weighted by atomic mass is 19.1. The first-order valence-corrected chi connectivity index (χ1v) is 6.33. The molecule has 1 aliphatic rings. The van der Waals surface area contributed by atoms with E-state index >= 15 is 0 Å². The third kappa shape index (κ3) is 1.99. The van der Waals surface area contributed by atoms with Gasteiger partial charge in [-0.2, -0.15) is 0 Å². The number of nitrogens with zero attached hydrogens (tertiary/aromatic N) is 1. The Kier molecular flexibility index (Phi) is 3.01. The number of benzene rings is 2. The molecule has 2 aromatic rings. The maximum Gasteiger partial charge on any atom is 0.110 e. The molecule has 1 heterocycles. The first-order valence-electron chi connectivity index (χ1n) is 6.33. The van der Waals surface area contributed by atoms with Crippen LogP contribution in [0.3, 0.4) is 0 Å². The molecule has 18 heavy (non-hydrogen) atoms. The molecular formula is C16H16FN. The molecule has 92 valence electrons. The number of para-hydroxylation sites is 1. The van der Waals surface area contributed by atoms with E-state index in [1.165, 1.54) is 16.8 Å². The van der Waals surface area contributed by atoms with Gasteiger partial charge in [-0.3, -0.25) is 0 Å². The number of fused-ring (bicyclic) bond motifs is 1. The van der Waals surface area contributed by atoms with E-state index in [0.717, 1.165) is 13.0 Å². The number of hydrogen-bond donors (Lipinski definition) is 0. The zero-order valence-electron chi connectivity index (χ0n) is 10.2. The summed E-state index contributed by atoms with van der Waals surface area (Å²) >= 11 is 0. The Bertz CT molecular complexity index is 524. The lowest BCUT2D eigenvalue weighted by Gasteiger charge is -2.25. The van der Waals surface area contributed by atoms with Crippen LogP contribution in [0.15, 0.2) is 54.6 Å². The smallest absolute Gasteiger partial charge is 0.110 e. The summed E-state index contributed by atoms with van der Waals surface area (Å²) in [6.45, 7) is 0.494. The average molecular weight is 241 g/mol. The summed E-state index contributed by atoms with van der Waals surface area (Å²) in [7, 11) is 0. The van der Waals surface area contributed by atoms with Crippen molar-refractivity contribution in [2.45, 2.75) is 19.0 Å². The summed E-state index contributed by atoms with van der Waals surface area (Å²) in [6.07, 6.45) is 0.819. The Balaban J connectivity index is 1.90. The van der Waals surface area contributed by atoms with E-state index < -0.39 is 0 Å². The average Bonchev–Trinajstić information content (AvgIpc) is 2.78. The number of rotatable bonds is 3. The second-order valence-corrected chi connectivity index (χ2v) is 4.75. The fourth-order valence-electron chi connectivity index (χ4n) is 2.66. The molecule has 0 fully saturated rings. The third-order valence-corrected chi connectivity index (χ3v) is 3.57. The lowest BCUT2D eigenvalue weighted by Crippen LogP contribution is -2.33. The van der Waals surface area contributed by atoms with Gasteiger partial charge in [0, 0.05) is 12.2 Å². The van der Waals surface area contributed by atoms with E-state index in [1.807, 2.05) is 30.3 Å². The van der Waals surface area contributed by atoms with Crippen LogP contribution in [0, 0.1) is 0 Å². The molecule has 0 bridgehead atoms. The minimum Gasteiger partial charge on any atom is -0.361 e. The van der Waals surface area contributed by atoms with Crippen LogP contribution in [-0.4, -0.2) is 12.7 Å². The highest BCUT2D eigenvalue weighted by Gasteiger charge is 2.28. The highest BCUT2D eigenvalue weighted by molar-refractivity contribution is 5.59. The summed E-state index contributed by atoms with van der Waals surface area (Å²) in [5, 5.41) is 0. The molecule has 1 nitrogen and oxygen atoms in total. The summed E-state index contributed by atoms with van der Waals surface area (Å²) in [4.78, 5) is 2.19. The van der Waals surface area contributed by atoms with Gasteiger partial charge in [0.25, 0.3) is 0 Å². The first kappa shape index (κ1) is 11.3. The SMILES string of the molecule is FC[C@@H]1Cc2ccccc2N1Cc1ccccc1. The van der Waals surface area contributed by atoms with Gasteiger partial charge in [0.15, 0.2) is 0 Å². The molecule has 0 N–H and O–H groups in total. The van der Waals surface area contributed by atoms with Crippen molar-refractivity contribution in [3.8, 4) is 0 Å². The van der Waals surface area contributed by atoms with Gasteiger partial charge in [-0.1, -0.05) is 48.5 Å². The molecule has 3 rings (SSSR count). The predicted molar refractivity (Wildman–Crippen MR) is 72.5 cm³/mol. The van der Waals surface area contributed by atoms with Crippen LogP contribution in [0.2, 0.25) is 0 Å². The fourth-order valence-corrected chi connectivity index (χ4v) is 2.66. The van der Waals surface area contributed by atoms with Crippen LogP contribution < -0.4 is 4.90 Å². The predicted octanol–water partition coefficient (Wildman–Crippen LogP) is 3.59. The van der Waals surface area contributed by atoms with E-state index in [2.05, 4.69) is 29.2 Å². The maximum absolute atomic E-state index is 13.2.